The van der Waals surface area contributed by atoms with Gasteiger partial charge in [-0.3, -0.25) is 0 Å². The summed E-state index contributed by atoms with van der Waals surface area (Å²) in [7, 11) is 0. The van der Waals surface area contributed by atoms with Crippen molar-refractivity contribution in [2.45, 2.75) is 11.8 Å². The lowest BCUT2D eigenvalue weighted by molar-refractivity contribution is 0.593. The van der Waals surface area contributed by atoms with Crippen molar-refractivity contribution >= 4 is 28.6 Å². The Morgan fingerprint density at radius 2 is 2.10 bits per heavy atom. The monoisotopic (exact) mass is 220 g/mol. The van der Waals surface area contributed by atoms with Crippen LogP contribution in [0.15, 0.2) is 21.5 Å². The minimum absolute atomic E-state index is 0.289. The molecule has 0 saturated carbocycles. The van der Waals surface area contributed by atoms with Crippen LogP contribution in [-0.4, -0.2) is 0 Å². The Hall–Kier alpha value is -0.0200. The normalized spacial score (nSPS) is 10.0. The third kappa shape index (κ3) is 1.35. The Kier molecular flexibility index (Phi) is 2.36. The molecule has 10 heavy (non-hydrogen) atoms. The molecule has 3 heteroatoms. The van der Waals surface area contributed by atoms with E-state index < -0.39 is 0 Å². The number of halogens is 2. The highest BCUT2D eigenvalue weighted by molar-refractivity contribution is 9.10. The Bertz CT molecular complexity index is 233. The molecule has 54 valence electrons. The summed E-state index contributed by atoms with van der Waals surface area (Å²) < 4.78 is 13.3. The van der Waals surface area contributed by atoms with Gasteiger partial charge in [-0.2, -0.15) is 0 Å². The highest BCUT2D eigenvalue weighted by atomic mass is 79.9. The molecule has 0 nitrogen and oxygen atoms in total. The van der Waals surface area contributed by atoms with Gasteiger partial charge >= 0.3 is 0 Å². The molecule has 0 radical (unpaired) electrons. The van der Waals surface area contributed by atoms with Crippen LogP contribution in [0, 0.1) is 12.7 Å². The number of hydrogen-bond acceptors (Lipinski definition) is 1. The van der Waals surface area contributed by atoms with Crippen LogP contribution in [0.3, 0.4) is 0 Å². The first-order valence-electron chi connectivity index (χ1n) is 2.76. The Balaban J connectivity index is 3.34. The lowest BCUT2D eigenvalue weighted by Gasteiger charge is -2.00. The number of benzene rings is 1. The first kappa shape index (κ1) is 8.08. The molecule has 0 unspecified atom stereocenters. The average Bonchev–Trinajstić information content (AvgIpc) is 1.93. The molecule has 0 spiro atoms. The predicted molar refractivity (Wildman–Crippen MR) is 46.1 cm³/mol. The largest absolute Gasteiger partial charge is 0.205 e. The Morgan fingerprint density at radius 1 is 1.50 bits per heavy atom. The average molecular weight is 221 g/mol. The van der Waals surface area contributed by atoms with Crippen LogP contribution in [0.5, 0.6) is 0 Å². The summed E-state index contributed by atoms with van der Waals surface area (Å²) in [6.45, 7) is 1.82. The minimum atomic E-state index is -0.289. The topological polar surface area (TPSA) is 0 Å². The molecule has 1 aromatic rings. The van der Waals surface area contributed by atoms with E-state index in [1.165, 1.54) is 0 Å². The van der Waals surface area contributed by atoms with Crippen molar-refractivity contribution < 1.29 is 4.39 Å². The maximum atomic E-state index is 12.9. The summed E-state index contributed by atoms with van der Waals surface area (Å²) in [6.07, 6.45) is 0. The quantitative estimate of drug-likeness (QED) is 0.639. The fourth-order valence-corrected chi connectivity index (χ4v) is 1.32. The first-order valence-corrected chi connectivity index (χ1v) is 4.00. The fourth-order valence-electron chi connectivity index (χ4n) is 0.636. The summed E-state index contributed by atoms with van der Waals surface area (Å²) in [5.74, 6) is -0.289. The maximum absolute atomic E-state index is 12.9. The predicted octanol–water partition coefficient (Wildman–Crippen LogP) is 3.19. The van der Waals surface area contributed by atoms with E-state index in [1.807, 2.05) is 13.0 Å². The van der Waals surface area contributed by atoms with E-state index in [1.54, 1.807) is 6.07 Å². The lowest BCUT2D eigenvalue weighted by atomic mass is 10.2. The van der Waals surface area contributed by atoms with Gasteiger partial charge in [0.1, 0.15) is 0 Å². The lowest BCUT2D eigenvalue weighted by Crippen LogP contribution is -1.83. The number of aryl methyl sites for hydroxylation is 1. The molecule has 0 amide bonds. The number of hydrogen-bond donors (Lipinski definition) is 1. The molecule has 0 aliphatic heterocycles. The third-order valence-corrected chi connectivity index (χ3v) is 2.43. The fraction of sp³-hybridized carbons (Fsp3) is 0.143. The zero-order chi connectivity index (χ0) is 7.72. The molecule has 0 N–H and O–H groups in total. The standard InChI is InChI=1S/C7H6BrFS/c1-4-2-3-5(8)6(9)7(4)10/h2-3,10H,1H3. The zero-order valence-electron chi connectivity index (χ0n) is 5.36. The second kappa shape index (κ2) is 2.93. The van der Waals surface area contributed by atoms with Gasteiger partial charge in [-0.05, 0) is 34.5 Å². The smallest absolute Gasteiger partial charge is 0.150 e. The Morgan fingerprint density at radius 3 is 2.60 bits per heavy atom. The van der Waals surface area contributed by atoms with E-state index in [9.17, 15) is 4.39 Å². The van der Waals surface area contributed by atoms with Gasteiger partial charge in [0.05, 0.1) is 4.47 Å². The van der Waals surface area contributed by atoms with Gasteiger partial charge in [0.25, 0.3) is 0 Å². The van der Waals surface area contributed by atoms with Gasteiger partial charge in [-0.25, -0.2) is 4.39 Å². The first-order chi connectivity index (χ1) is 4.63. The SMILES string of the molecule is Cc1ccc(Br)c(F)c1S. The molecule has 0 aromatic heterocycles. The zero-order valence-corrected chi connectivity index (χ0v) is 7.84. The highest BCUT2D eigenvalue weighted by Gasteiger charge is 2.04. The summed E-state index contributed by atoms with van der Waals surface area (Å²) in [5, 5.41) is 0. The van der Waals surface area contributed by atoms with E-state index in [0.29, 0.717) is 9.37 Å². The molecular weight excluding hydrogens is 215 g/mol. The van der Waals surface area contributed by atoms with Gasteiger partial charge in [-0.1, -0.05) is 6.07 Å². The van der Waals surface area contributed by atoms with E-state index in [-0.39, 0.29) is 5.82 Å². The molecule has 0 heterocycles. The van der Waals surface area contributed by atoms with Gasteiger partial charge in [0, 0.05) is 4.90 Å². The van der Waals surface area contributed by atoms with E-state index in [0.717, 1.165) is 5.56 Å². The van der Waals surface area contributed by atoms with Crippen LogP contribution < -0.4 is 0 Å². The molecule has 0 saturated heterocycles. The van der Waals surface area contributed by atoms with Crippen LogP contribution in [0.25, 0.3) is 0 Å². The molecule has 1 aromatic carbocycles. The molecule has 0 fully saturated rings. The van der Waals surface area contributed by atoms with Crippen molar-refractivity contribution in [2.24, 2.45) is 0 Å². The van der Waals surface area contributed by atoms with Crippen molar-refractivity contribution in [3.63, 3.8) is 0 Å². The Labute approximate surface area is 73.0 Å². The van der Waals surface area contributed by atoms with Gasteiger partial charge in [0.15, 0.2) is 5.82 Å². The molecule has 0 atom stereocenters. The molecular formula is C7H6BrFS. The molecule has 0 bridgehead atoms. The summed E-state index contributed by atoms with van der Waals surface area (Å²) >= 11 is 7.03. The second-order valence-electron chi connectivity index (χ2n) is 2.03. The van der Waals surface area contributed by atoms with Crippen LogP contribution in [0.1, 0.15) is 5.56 Å². The molecule has 1 rings (SSSR count). The van der Waals surface area contributed by atoms with Crippen molar-refractivity contribution in [3.8, 4) is 0 Å². The van der Waals surface area contributed by atoms with Crippen LogP contribution in [0.4, 0.5) is 4.39 Å². The van der Waals surface area contributed by atoms with Crippen molar-refractivity contribution in [2.75, 3.05) is 0 Å². The van der Waals surface area contributed by atoms with Gasteiger partial charge in [-0.15, -0.1) is 12.6 Å². The third-order valence-electron chi connectivity index (χ3n) is 1.27. The number of rotatable bonds is 0. The number of thiol groups is 1. The van der Waals surface area contributed by atoms with Crippen molar-refractivity contribution in [3.05, 3.63) is 28.0 Å². The maximum Gasteiger partial charge on any atom is 0.150 e. The van der Waals surface area contributed by atoms with Crippen LogP contribution in [-0.2, 0) is 0 Å². The van der Waals surface area contributed by atoms with Crippen LogP contribution in [0.2, 0.25) is 0 Å². The van der Waals surface area contributed by atoms with Crippen molar-refractivity contribution in [1.82, 2.24) is 0 Å². The molecule has 0 aliphatic carbocycles. The van der Waals surface area contributed by atoms with Gasteiger partial charge in [0.2, 0.25) is 0 Å². The minimum Gasteiger partial charge on any atom is -0.205 e. The van der Waals surface area contributed by atoms with Gasteiger partial charge < -0.3 is 0 Å². The van der Waals surface area contributed by atoms with Crippen LogP contribution >= 0.6 is 28.6 Å². The van der Waals surface area contributed by atoms with E-state index in [2.05, 4.69) is 28.6 Å². The summed E-state index contributed by atoms with van der Waals surface area (Å²) in [4.78, 5) is 0.411. The molecule has 0 aliphatic rings. The highest BCUT2D eigenvalue weighted by Crippen LogP contribution is 2.24. The van der Waals surface area contributed by atoms with Crippen molar-refractivity contribution in [1.29, 1.82) is 0 Å². The second-order valence-corrected chi connectivity index (χ2v) is 3.33. The van der Waals surface area contributed by atoms with E-state index in [4.69, 9.17) is 0 Å². The summed E-state index contributed by atoms with van der Waals surface area (Å²) in [6, 6.07) is 3.49. The summed E-state index contributed by atoms with van der Waals surface area (Å²) in [5.41, 5.74) is 0.851. The van der Waals surface area contributed by atoms with E-state index >= 15 is 0 Å².